The van der Waals surface area contributed by atoms with Gasteiger partial charge < -0.3 is 12.9 Å². The molecule has 3 aromatic rings. The van der Waals surface area contributed by atoms with Crippen molar-refractivity contribution in [1.82, 2.24) is 0 Å². The largest absolute Gasteiger partial charge is 0.461 e. The third-order valence-electron chi connectivity index (χ3n) is 4.02. The number of rotatable bonds is 5. The molecular formula is C21H16INO3. The van der Waals surface area contributed by atoms with Crippen LogP contribution in [0.4, 0.5) is 0 Å². The number of aryl methyl sites for hydroxylation is 1. The van der Waals surface area contributed by atoms with Crippen LogP contribution in [0, 0.1) is 18.3 Å². The Balaban J connectivity index is 1.72. The zero-order chi connectivity index (χ0) is 18.5. The predicted molar refractivity (Wildman–Crippen MR) is 108 cm³/mol. The van der Waals surface area contributed by atoms with Crippen molar-refractivity contribution in [1.29, 1.82) is 5.26 Å². The van der Waals surface area contributed by atoms with Crippen molar-refractivity contribution in [3.05, 3.63) is 83.4 Å². The van der Waals surface area contributed by atoms with Crippen molar-refractivity contribution in [3.8, 4) is 28.7 Å². The molecule has 0 aliphatic rings. The zero-order valence-corrected chi connectivity index (χ0v) is 16.2. The van der Waals surface area contributed by atoms with Gasteiger partial charge in [0.05, 0.1) is 11.6 Å². The van der Waals surface area contributed by atoms with Gasteiger partial charge in [-0.05, 0) is 66.1 Å². The standard InChI is InChI=1S/C21H16INO3/c1-14-12-18(8-11-20(14)26-22)21(24)25-19-9-6-17(7-10-19)16-4-2-15(13-23)3-5-16/h2-12,21,24H,1H3. The number of benzene rings is 3. The Bertz CT molecular complexity index is 931. The summed E-state index contributed by atoms with van der Waals surface area (Å²) in [7, 11) is 0. The fourth-order valence-corrected chi connectivity index (χ4v) is 3.07. The van der Waals surface area contributed by atoms with Gasteiger partial charge in [0.1, 0.15) is 11.5 Å². The van der Waals surface area contributed by atoms with Crippen molar-refractivity contribution < 1.29 is 12.9 Å². The van der Waals surface area contributed by atoms with Crippen molar-refractivity contribution in [3.63, 3.8) is 0 Å². The Morgan fingerprint density at radius 1 is 0.962 bits per heavy atom. The highest BCUT2D eigenvalue weighted by molar-refractivity contribution is 14.1. The number of hydrogen-bond acceptors (Lipinski definition) is 4. The lowest BCUT2D eigenvalue weighted by Crippen LogP contribution is -2.06. The van der Waals surface area contributed by atoms with Crippen LogP contribution in [0.15, 0.2) is 66.7 Å². The molecule has 0 spiro atoms. The van der Waals surface area contributed by atoms with Gasteiger partial charge in [0.15, 0.2) is 23.0 Å². The molecule has 130 valence electrons. The molecule has 0 aliphatic heterocycles. The van der Waals surface area contributed by atoms with E-state index in [1.54, 1.807) is 24.3 Å². The fraction of sp³-hybridized carbons (Fsp3) is 0.0952. The second-order valence-electron chi connectivity index (χ2n) is 5.79. The smallest absolute Gasteiger partial charge is 0.224 e. The van der Waals surface area contributed by atoms with Crippen molar-refractivity contribution in [2.24, 2.45) is 0 Å². The van der Waals surface area contributed by atoms with Crippen LogP contribution in [0.2, 0.25) is 0 Å². The molecule has 4 nitrogen and oxygen atoms in total. The molecule has 0 heterocycles. The van der Waals surface area contributed by atoms with Gasteiger partial charge in [-0.3, -0.25) is 0 Å². The number of aliphatic hydroxyl groups excluding tert-OH is 1. The number of hydrogen-bond donors (Lipinski definition) is 1. The Kier molecular flexibility index (Phi) is 5.76. The van der Waals surface area contributed by atoms with E-state index in [2.05, 4.69) is 6.07 Å². The first-order chi connectivity index (χ1) is 12.6. The minimum atomic E-state index is -1.06. The molecule has 0 saturated heterocycles. The first-order valence-corrected chi connectivity index (χ1v) is 8.83. The summed E-state index contributed by atoms with van der Waals surface area (Å²) in [5.41, 5.74) is 4.24. The Morgan fingerprint density at radius 3 is 2.12 bits per heavy atom. The van der Waals surface area contributed by atoms with E-state index in [9.17, 15) is 5.11 Å². The molecule has 1 N–H and O–H groups in total. The molecule has 0 fully saturated rings. The number of aliphatic hydroxyl groups is 1. The summed E-state index contributed by atoms with van der Waals surface area (Å²) in [5, 5.41) is 19.2. The van der Waals surface area contributed by atoms with Crippen molar-refractivity contribution >= 4 is 23.0 Å². The van der Waals surface area contributed by atoms with Gasteiger partial charge in [-0.25, -0.2) is 0 Å². The maximum atomic E-state index is 10.3. The van der Waals surface area contributed by atoms with Crippen LogP contribution in [-0.2, 0) is 0 Å². The van der Waals surface area contributed by atoms with Gasteiger partial charge in [0, 0.05) is 5.56 Å². The molecular weight excluding hydrogens is 441 g/mol. The van der Waals surface area contributed by atoms with Crippen molar-refractivity contribution in [2.45, 2.75) is 13.2 Å². The molecule has 0 aliphatic carbocycles. The van der Waals surface area contributed by atoms with E-state index >= 15 is 0 Å². The normalized spacial score (nSPS) is 11.5. The molecule has 3 aromatic carbocycles. The van der Waals surface area contributed by atoms with E-state index in [0.29, 0.717) is 16.9 Å². The van der Waals surface area contributed by atoms with Gasteiger partial charge in [-0.15, -0.1) is 0 Å². The van der Waals surface area contributed by atoms with Crippen LogP contribution < -0.4 is 7.80 Å². The van der Waals surface area contributed by atoms with Crippen molar-refractivity contribution in [2.75, 3.05) is 0 Å². The van der Waals surface area contributed by atoms with Gasteiger partial charge in [0.2, 0.25) is 6.29 Å². The first kappa shape index (κ1) is 18.2. The lowest BCUT2D eigenvalue weighted by Gasteiger charge is -2.15. The van der Waals surface area contributed by atoms with E-state index in [1.807, 2.05) is 72.4 Å². The molecule has 0 bridgehead atoms. The monoisotopic (exact) mass is 457 g/mol. The van der Waals surface area contributed by atoms with E-state index in [0.717, 1.165) is 22.4 Å². The SMILES string of the molecule is Cc1cc(C(O)Oc2ccc(-c3ccc(C#N)cc3)cc2)ccc1OI. The summed E-state index contributed by atoms with van der Waals surface area (Å²) in [4.78, 5) is 0. The summed E-state index contributed by atoms with van der Waals surface area (Å²) in [5.74, 6) is 1.33. The van der Waals surface area contributed by atoms with Crippen LogP contribution in [0.25, 0.3) is 11.1 Å². The molecule has 5 heteroatoms. The predicted octanol–water partition coefficient (Wildman–Crippen LogP) is 5.33. The molecule has 0 amide bonds. The first-order valence-electron chi connectivity index (χ1n) is 7.95. The minimum absolute atomic E-state index is 0.571. The van der Waals surface area contributed by atoms with Gasteiger partial charge in [0.25, 0.3) is 0 Å². The van der Waals surface area contributed by atoms with E-state index in [1.165, 1.54) is 0 Å². The van der Waals surface area contributed by atoms with Crippen LogP contribution in [0.3, 0.4) is 0 Å². The van der Waals surface area contributed by atoms with Crippen LogP contribution in [0.5, 0.6) is 11.5 Å². The summed E-state index contributed by atoms with van der Waals surface area (Å²) < 4.78 is 10.8. The highest BCUT2D eigenvalue weighted by atomic mass is 127. The second-order valence-corrected chi connectivity index (χ2v) is 6.23. The molecule has 0 radical (unpaired) electrons. The molecule has 1 atom stereocenters. The maximum absolute atomic E-state index is 10.3. The highest BCUT2D eigenvalue weighted by Crippen LogP contribution is 2.28. The second kappa shape index (κ2) is 8.21. The third-order valence-corrected chi connectivity index (χ3v) is 4.49. The minimum Gasteiger partial charge on any atom is -0.461 e. The lowest BCUT2D eigenvalue weighted by molar-refractivity contribution is -0.0194. The average Bonchev–Trinajstić information content (AvgIpc) is 2.68. The molecule has 0 aromatic heterocycles. The highest BCUT2D eigenvalue weighted by Gasteiger charge is 2.11. The summed E-state index contributed by atoms with van der Waals surface area (Å²) in [6, 6.07) is 22.4. The lowest BCUT2D eigenvalue weighted by atomic mass is 10.0. The van der Waals surface area contributed by atoms with Gasteiger partial charge >= 0.3 is 0 Å². The van der Waals surface area contributed by atoms with Crippen LogP contribution in [0.1, 0.15) is 23.0 Å². The Hall–Kier alpha value is -2.56. The summed E-state index contributed by atoms with van der Waals surface area (Å²) >= 11 is 1.83. The summed E-state index contributed by atoms with van der Waals surface area (Å²) in [6.45, 7) is 1.91. The van der Waals surface area contributed by atoms with Crippen LogP contribution >= 0.6 is 23.0 Å². The fourth-order valence-electron chi connectivity index (χ4n) is 2.57. The van der Waals surface area contributed by atoms with Crippen LogP contribution in [-0.4, -0.2) is 5.11 Å². The third kappa shape index (κ3) is 4.15. The van der Waals surface area contributed by atoms with E-state index < -0.39 is 6.29 Å². The maximum Gasteiger partial charge on any atom is 0.224 e. The zero-order valence-electron chi connectivity index (χ0n) is 14.0. The van der Waals surface area contributed by atoms with E-state index in [4.69, 9.17) is 13.1 Å². The average molecular weight is 457 g/mol. The Morgan fingerprint density at radius 2 is 1.58 bits per heavy atom. The van der Waals surface area contributed by atoms with Gasteiger partial charge in [-0.1, -0.05) is 24.3 Å². The molecule has 0 saturated carbocycles. The summed E-state index contributed by atoms with van der Waals surface area (Å²) in [6.07, 6.45) is -1.06. The molecule has 3 rings (SSSR count). The quantitative estimate of drug-likeness (QED) is 0.416. The molecule has 1 unspecified atom stereocenters. The van der Waals surface area contributed by atoms with Gasteiger partial charge in [-0.2, -0.15) is 5.26 Å². The number of ether oxygens (including phenoxy) is 1. The topological polar surface area (TPSA) is 62.5 Å². The number of nitriles is 1. The number of nitrogens with zero attached hydrogens (tertiary/aromatic N) is 1. The number of halogens is 1. The molecule has 26 heavy (non-hydrogen) atoms. The Labute approximate surface area is 166 Å². The van der Waals surface area contributed by atoms with E-state index in [-0.39, 0.29) is 0 Å².